The van der Waals surface area contributed by atoms with Gasteiger partial charge >= 0.3 is 6.18 Å². The summed E-state index contributed by atoms with van der Waals surface area (Å²) in [6, 6.07) is 12.6. The quantitative estimate of drug-likeness (QED) is 0.401. The number of halogens is 4. The van der Waals surface area contributed by atoms with E-state index in [9.17, 15) is 18.0 Å². The Morgan fingerprint density at radius 1 is 1.15 bits per heavy atom. The number of fused-ring (bicyclic) bond motifs is 1. The fourth-order valence-electron chi connectivity index (χ4n) is 3.56. The zero-order chi connectivity index (χ0) is 23.8. The summed E-state index contributed by atoms with van der Waals surface area (Å²) in [6.07, 6.45) is -3.01. The molecule has 0 fully saturated rings. The third kappa shape index (κ3) is 4.63. The van der Waals surface area contributed by atoms with Gasteiger partial charge in [-0.3, -0.25) is 4.79 Å². The summed E-state index contributed by atoms with van der Waals surface area (Å²) in [5.41, 5.74) is 1.94. The van der Waals surface area contributed by atoms with Gasteiger partial charge < -0.3 is 10.1 Å². The number of nitrogens with zero attached hydrogens (tertiary/aromatic N) is 3. The lowest BCUT2D eigenvalue weighted by atomic mass is 10.0. The van der Waals surface area contributed by atoms with Gasteiger partial charge in [0.2, 0.25) is 5.91 Å². The van der Waals surface area contributed by atoms with E-state index in [0.717, 1.165) is 34.4 Å². The lowest BCUT2D eigenvalue weighted by molar-refractivity contribution is -0.137. The molecule has 1 amide bonds. The van der Waals surface area contributed by atoms with Crippen molar-refractivity contribution in [1.29, 1.82) is 0 Å². The number of ether oxygens (including phenoxy) is 1. The van der Waals surface area contributed by atoms with E-state index in [2.05, 4.69) is 15.4 Å². The molecule has 33 heavy (non-hydrogen) atoms. The predicted octanol–water partition coefficient (Wildman–Crippen LogP) is 5.73. The highest BCUT2D eigenvalue weighted by Gasteiger charge is 2.33. The second-order valence-electron chi connectivity index (χ2n) is 7.27. The smallest absolute Gasteiger partial charge is 0.417 e. The van der Waals surface area contributed by atoms with E-state index >= 15 is 0 Å². The summed E-state index contributed by atoms with van der Waals surface area (Å²) in [7, 11) is 1.59. The summed E-state index contributed by atoms with van der Waals surface area (Å²) in [5.74, 6) is 0.176. The number of nitrogens with one attached hydrogen (secondary N) is 1. The number of carbonyl (C=O) groups is 1. The number of hydrogen-bond donors (Lipinski definition) is 1. The van der Waals surface area contributed by atoms with Crippen LogP contribution in [0.2, 0.25) is 5.02 Å². The minimum atomic E-state index is -4.63. The zero-order valence-corrected chi connectivity index (χ0v) is 18.3. The summed E-state index contributed by atoms with van der Waals surface area (Å²) in [6.45, 7) is 1.58. The van der Waals surface area contributed by atoms with E-state index in [1.165, 1.54) is 10.7 Å². The average molecular weight is 475 g/mol. The van der Waals surface area contributed by atoms with Crippen LogP contribution in [0.15, 0.2) is 54.7 Å². The van der Waals surface area contributed by atoms with Crippen LogP contribution in [-0.2, 0) is 17.5 Å². The molecule has 0 saturated carbocycles. The van der Waals surface area contributed by atoms with Crippen LogP contribution in [0.25, 0.3) is 22.2 Å². The van der Waals surface area contributed by atoms with Crippen molar-refractivity contribution in [1.82, 2.24) is 14.8 Å². The maximum Gasteiger partial charge on any atom is 0.417 e. The van der Waals surface area contributed by atoms with E-state index in [-0.39, 0.29) is 12.2 Å². The van der Waals surface area contributed by atoms with Crippen LogP contribution in [0.3, 0.4) is 0 Å². The molecule has 4 aromatic rings. The third-order valence-electron chi connectivity index (χ3n) is 5.06. The van der Waals surface area contributed by atoms with Crippen molar-refractivity contribution < 1.29 is 22.7 Å². The van der Waals surface area contributed by atoms with Gasteiger partial charge in [0.1, 0.15) is 12.3 Å². The second kappa shape index (κ2) is 8.74. The molecule has 0 aliphatic carbocycles. The number of hydrogen-bond acceptors (Lipinski definition) is 4. The summed E-state index contributed by atoms with van der Waals surface area (Å²) < 4.78 is 45.9. The highest BCUT2D eigenvalue weighted by molar-refractivity contribution is 6.31. The van der Waals surface area contributed by atoms with E-state index < -0.39 is 22.7 Å². The fourth-order valence-corrected chi connectivity index (χ4v) is 3.78. The number of benzene rings is 2. The molecule has 0 bridgehead atoms. The molecule has 0 spiro atoms. The number of aromatic nitrogens is 3. The standard InChI is InChI=1S/C23H18ClF3N4O2/c1-13-21-17(14-3-6-16(33-2)7-4-14)9-10-28-22(21)31(30-13)12-20(32)29-15-5-8-19(24)18(11-15)23(25,26)27/h3-11H,12H2,1-2H3,(H,29,32). The number of alkyl halides is 3. The molecule has 4 rings (SSSR count). The van der Waals surface area contributed by atoms with Crippen molar-refractivity contribution in [3.05, 3.63) is 71.0 Å². The molecule has 0 radical (unpaired) electrons. The van der Waals surface area contributed by atoms with Gasteiger partial charge in [-0.05, 0) is 54.4 Å². The van der Waals surface area contributed by atoms with Gasteiger partial charge in [-0.15, -0.1) is 0 Å². The molecule has 170 valence electrons. The molecule has 0 aliphatic rings. The van der Waals surface area contributed by atoms with Crippen molar-refractivity contribution in [3.63, 3.8) is 0 Å². The monoisotopic (exact) mass is 474 g/mol. The molecular formula is C23H18ClF3N4O2. The Kier molecular flexibility index (Phi) is 5.99. The molecule has 2 aromatic carbocycles. The van der Waals surface area contributed by atoms with E-state index in [1.807, 2.05) is 30.3 Å². The van der Waals surface area contributed by atoms with Crippen LogP contribution in [-0.4, -0.2) is 27.8 Å². The van der Waals surface area contributed by atoms with Crippen LogP contribution in [0.5, 0.6) is 5.75 Å². The molecule has 2 aromatic heterocycles. The van der Waals surface area contributed by atoms with Crippen molar-refractivity contribution in [2.45, 2.75) is 19.6 Å². The van der Waals surface area contributed by atoms with Gasteiger partial charge in [-0.1, -0.05) is 23.7 Å². The Labute approximate surface area is 192 Å². The van der Waals surface area contributed by atoms with Gasteiger partial charge in [0, 0.05) is 17.3 Å². The molecule has 10 heteroatoms. The Balaban J connectivity index is 1.61. The fraction of sp³-hybridized carbons (Fsp3) is 0.174. The van der Waals surface area contributed by atoms with Crippen LogP contribution in [0, 0.1) is 6.92 Å². The predicted molar refractivity (Wildman–Crippen MR) is 119 cm³/mol. The molecule has 0 saturated heterocycles. The first-order chi connectivity index (χ1) is 15.7. The first-order valence-corrected chi connectivity index (χ1v) is 10.2. The number of aryl methyl sites for hydroxylation is 1. The van der Waals surface area contributed by atoms with Crippen LogP contribution in [0.1, 0.15) is 11.3 Å². The van der Waals surface area contributed by atoms with Crippen molar-refractivity contribution in [3.8, 4) is 16.9 Å². The molecule has 0 atom stereocenters. The van der Waals surface area contributed by atoms with Crippen LogP contribution >= 0.6 is 11.6 Å². The normalized spacial score (nSPS) is 11.6. The molecule has 0 aliphatic heterocycles. The first-order valence-electron chi connectivity index (χ1n) is 9.80. The lowest BCUT2D eigenvalue weighted by Gasteiger charge is -2.12. The van der Waals surface area contributed by atoms with E-state index in [1.54, 1.807) is 20.2 Å². The van der Waals surface area contributed by atoms with Gasteiger partial charge in [-0.2, -0.15) is 18.3 Å². The number of rotatable bonds is 5. The van der Waals surface area contributed by atoms with Gasteiger partial charge in [0.05, 0.1) is 23.4 Å². The minimum Gasteiger partial charge on any atom is -0.497 e. The largest absolute Gasteiger partial charge is 0.497 e. The Morgan fingerprint density at radius 3 is 2.55 bits per heavy atom. The summed E-state index contributed by atoms with van der Waals surface area (Å²) in [4.78, 5) is 16.9. The highest BCUT2D eigenvalue weighted by atomic mass is 35.5. The molecule has 1 N–H and O–H groups in total. The number of amides is 1. The van der Waals surface area contributed by atoms with Crippen LogP contribution in [0.4, 0.5) is 18.9 Å². The molecular weight excluding hydrogens is 457 g/mol. The summed E-state index contributed by atoms with van der Waals surface area (Å²) in [5, 5.41) is 7.23. The number of anilines is 1. The van der Waals surface area contributed by atoms with Gasteiger partial charge in [0.15, 0.2) is 5.65 Å². The topological polar surface area (TPSA) is 69.0 Å². The average Bonchev–Trinajstić information content (AvgIpc) is 3.09. The number of carbonyl (C=O) groups excluding carboxylic acids is 1. The van der Waals surface area contributed by atoms with E-state index in [0.29, 0.717) is 11.3 Å². The Hall–Kier alpha value is -3.59. The highest BCUT2D eigenvalue weighted by Crippen LogP contribution is 2.36. The molecule has 2 heterocycles. The third-order valence-corrected chi connectivity index (χ3v) is 5.39. The Bertz CT molecular complexity index is 1330. The van der Waals surface area contributed by atoms with Crippen molar-refractivity contribution >= 4 is 34.2 Å². The maximum absolute atomic E-state index is 13.1. The first kappa shape index (κ1) is 22.6. The molecule has 6 nitrogen and oxygen atoms in total. The lowest BCUT2D eigenvalue weighted by Crippen LogP contribution is -2.20. The SMILES string of the molecule is COc1ccc(-c2ccnc3c2c(C)nn3CC(=O)Nc2ccc(Cl)c(C(F)(F)F)c2)cc1. The summed E-state index contributed by atoms with van der Waals surface area (Å²) >= 11 is 5.64. The number of methoxy groups -OCH3 is 1. The van der Waals surface area contributed by atoms with Crippen molar-refractivity contribution in [2.24, 2.45) is 0 Å². The molecule has 0 unspecified atom stereocenters. The van der Waals surface area contributed by atoms with E-state index in [4.69, 9.17) is 16.3 Å². The minimum absolute atomic E-state index is 0.0169. The van der Waals surface area contributed by atoms with Crippen LogP contribution < -0.4 is 10.1 Å². The second-order valence-corrected chi connectivity index (χ2v) is 7.68. The maximum atomic E-state index is 13.1. The van der Waals surface area contributed by atoms with Crippen molar-refractivity contribution in [2.75, 3.05) is 12.4 Å². The number of pyridine rings is 1. The van der Waals surface area contributed by atoms with Gasteiger partial charge in [-0.25, -0.2) is 9.67 Å². The van der Waals surface area contributed by atoms with Gasteiger partial charge in [0.25, 0.3) is 0 Å². The zero-order valence-electron chi connectivity index (χ0n) is 17.6. The Morgan fingerprint density at radius 2 is 1.88 bits per heavy atom.